The monoisotopic (exact) mass is 331 g/mol. The Labute approximate surface area is 142 Å². The van der Waals surface area contributed by atoms with E-state index in [4.69, 9.17) is 4.74 Å². The molecule has 2 atom stereocenters. The van der Waals surface area contributed by atoms with Crippen molar-refractivity contribution in [1.29, 1.82) is 0 Å². The fourth-order valence-corrected chi connectivity index (χ4v) is 3.36. The Kier molecular flexibility index (Phi) is 5.48. The standard InChI is InChI=1S/C18H25N3O3/c1-13-3-2-4-14(11-13)16(21-7-9-24-10-8-21)12-19-18(23)15-5-6-17(22)20-15/h2-4,11,15-16H,5-10,12H2,1H3,(H,19,23)(H,20,22)/t15-,16+/m1/s1. The van der Waals surface area contributed by atoms with Crippen molar-refractivity contribution in [3.63, 3.8) is 0 Å². The van der Waals surface area contributed by atoms with Crippen molar-refractivity contribution in [2.75, 3.05) is 32.8 Å². The van der Waals surface area contributed by atoms with Crippen LogP contribution in [0.4, 0.5) is 0 Å². The average Bonchev–Trinajstić information content (AvgIpc) is 3.02. The third-order valence-electron chi connectivity index (χ3n) is 4.69. The summed E-state index contributed by atoms with van der Waals surface area (Å²) in [6, 6.07) is 8.14. The summed E-state index contributed by atoms with van der Waals surface area (Å²) in [5.41, 5.74) is 2.41. The largest absolute Gasteiger partial charge is 0.379 e. The van der Waals surface area contributed by atoms with Gasteiger partial charge in [-0.1, -0.05) is 29.8 Å². The first-order valence-electron chi connectivity index (χ1n) is 8.59. The lowest BCUT2D eigenvalue weighted by Crippen LogP contribution is -2.47. The summed E-state index contributed by atoms with van der Waals surface area (Å²) in [5, 5.41) is 5.75. The molecule has 0 spiro atoms. The minimum atomic E-state index is -0.389. The number of hydrogen-bond acceptors (Lipinski definition) is 4. The third kappa shape index (κ3) is 4.13. The maximum Gasteiger partial charge on any atom is 0.242 e. The molecule has 0 unspecified atom stereocenters. The van der Waals surface area contributed by atoms with E-state index in [2.05, 4.69) is 46.7 Å². The second-order valence-corrected chi connectivity index (χ2v) is 6.48. The van der Waals surface area contributed by atoms with Crippen molar-refractivity contribution in [1.82, 2.24) is 15.5 Å². The average molecular weight is 331 g/mol. The van der Waals surface area contributed by atoms with Gasteiger partial charge in [0.25, 0.3) is 0 Å². The normalized spacial score (nSPS) is 22.9. The molecule has 2 heterocycles. The molecule has 2 N–H and O–H groups in total. The van der Waals surface area contributed by atoms with E-state index in [1.807, 2.05) is 0 Å². The molecule has 24 heavy (non-hydrogen) atoms. The van der Waals surface area contributed by atoms with E-state index >= 15 is 0 Å². The Morgan fingerprint density at radius 3 is 2.88 bits per heavy atom. The summed E-state index contributed by atoms with van der Waals surface area (Å²) in [4.78, 5) is 25.9. The highest BCUT2D eigenvalue weighted by molar-refractivity contribution is 5.90. The van der Waals surface area contributed by atoms with Gasteiger partial charge in [-0.2, -0.15) is 0 Å². The molecule has 0 bridgehead atoms. The van der Waals surface area contributed by atoms with Crippen LogP contribution in [0.3, 0.4) is 0 Å². The number of carbonyl (C=O) groups is 2. The van der Waals surface area contributed by atoms with E-state index in [1.54, 1.807) is 0 Å². The van der Waals surface area contributed by atoms with Crippen LogP contribution in [0.5, 0.6) is 0 Å². The van der Waals surface area contributed by atoms with E-state index in [0.717, 1.165) is 26.3 Å². The predicted octanol–water partition coefficient (Wildman–Crippen LogP) is 0.763. The quantitative estimate of drug-likeness (QED) is 0.836. The number of aryl methyl sites for hydroxylation is 1. The topological polar surface area (TPSA) is 70.7 Å². The van der Waals surface area contributed by atoms with E-state index in [0.29, 0.717) is 19.4 Å². The predicted molar refractivity (Wildman–Crippen MR) is 90.5 cm³/mol. The number of amides is 2. The molecule has 2 amide bonds. The Morgan fingerprint density at radius 2 is 2.21 bits per heavy atom. The third-order valence-corrected chi connectivity index (χ3v) is 4.69. The van der Waals surface area contributed by atoms with Crippen LogP contribution in [-0.2, 0) is 14.3 Å². The van der Waals surface area contributed by atoms with Crippen LogP contribution in [0.1, 0.15) is 30.0 Å². The summed E-state index contributed by atoms with van der Waals surface area (Å²) in [7, 11) is 0. The van der Waals surface area contributed by atoms with Crippen molar-refractivity contribution in [2.45, 2.75) is 31.8 Å². The number of nitrogens with zero attached hydrogens (tertiary/aromatic N) is 1. The van der Waals surface area contributed by atoms with E-state index in [1.165, 1.54) is 11.1 Å². The van der Waals surface area contributed by atoms with Crippen LogP contribution in [0, 0.1) is 6.92 Å². The molecule has 130 valence electrons. The summed E-state index contributed by atoms with van der Waals surface area (Å²) in [6.07, 6.45) is 1.01. The molecular formula is C18H25N3O3. The number of benzene rings is 1. The van der Waals surface area contributed by atoms with Crippen LogP contribution in [0.2, 0.25) is 0 Å². The molecule has 0 saturated carbocycles. The minimum absolute atomic E-state index is 0.0430. The fourth-order valence-electron chi connectivity index (χ4n) is 3.36. The molecule has 2 aliphatic heterocycles. The van der Waals surface area contributed by atoms with Crippen LogP contribution in [-0.4, -0.2) is 55.6 Å². The Morgan fingerprint density at radius 1 is 1.42 bits per heavy atom. The van der Waals surface area contributed by atoms with Crippen LogP contribution in [0.15, 0.2) is 24.3 Å². The molecule has 6 heteroatoms. The minimum Gasteiger partial charge on any atom is -0.379 e. The first kappa shape index (κ1) is 16.9. The zero-order chi connectivity index (χ0) is 16.9. The number of nitrogens with one attached hydrogen (secondary N) is 2. The van der Waals surface area contributed by atoms with Gasteiger partial charge >= 0.3 is 0 Å². The van der Waals surface area contributed by atoms with Gasteiger partial charge in [0.05, 0.1) is 19.3 Å². The zero-order valence-electron chi connectivity index (χ0n) is 14.1. The number of morpholine rings is 1. The SMILES string of the molecule is Cc1cccc([C@H](CNC(=O)[C@H]2CCC(=O)N2)N2CCOCC2)c1. The maximum atomic E-state index is 12.3. The molecule has 2 saturated heterocycles. The summed E-state index contributed by atoms with van der Waals surface area (Å²) in [6.45, 7) is 5.76. The number of hydrogen-bond donors (Lipinski definition) is 2. The summed E-state index contributed by atoms with van der Waals surface area (Å²) in [5.74, 6) is -0.134. The van der Waals surface area contributed by atoms with Gasteiger partial charge in [0, 0.05) is 26.1 Å². The van der Waals surface area contributed by atoms with Crippen molar-refractivity contribution in [2.24, 2.45) is 0 Å². The Hall–Kier alpha value is -1.92. The van der Waals surface area contributed by atoms with Gasteiger partial charge < -0.3 is 15.4 Å². The number of ether oxygens (including phenoxy) is 1. The highest BCUT2D eigenvalue weighted by atomic mass is 16.5. The van der Waals surface area contributed by atoms with Crippen molar-refractivity contribution >= 4 is 11.8 Å². The van der Waals surface area contributed by atoms with Crippen molar-refractivity contribution in [3.05, 3.63) is 35.4 Å². The zero-order valence-corrected chi connectivity index (χ0v) is 14.1. The first-order valence-corrected chi connectivity index (χ1v) is 8.59. The molecular weight excluding hydrogens is 306 g/mol. The van der Waals surface area contributed by atoms with E-state index in [-0.39, 0.29) is 23.9 Å². The molecule has 0 aromatic heterocycles. The summed E-state index contributed by atoms with van der Waals surface area (Å²) < 4.78 is 5.45. The second kappa shape index (κ2) is 7.77. The molecule has 0 aliphatic carbocycles. The molecule has 0 radical (unpaired) electrons. The van der Waals surface area contributed by atoms with Gasteiger partial charge in [0.1, 0.15) is 6.04 Å². The van der Waals surface area contributed by atoms with Gasteiger partial charge in [-0.05, 0) is 18.9 Å². The molecule has 6 nitrogen and oxygen atoms in total. The highest BCUT2D eigenvalue weighted by Crippen LogP contribution is 2.22. The lowest BCUT2D eigenvalue weighted by Gasteiger charge is -2.35. The van der Waals surface area contributed by atoms with Gasteiger partial charge in [-0.3, -0.25) is 14.5 Å². The molecule has 1 aromatic rings. The lowest BCUT2D eigenvalue weighted by atomic mass is 10.0. The summed E-state index contributed by atoms with van der Waals surface area (Å²) >= 11 is 0. The smallest absolute Gasteiger partial charge is 0.242 e. The fraction of sp³-hybridized carbons (Fsp3) is 0.556. The van der Waals surface area contributed by atoms with Gasteiger partial charge in [0.2, 0.25) is 11.8 Å². The van der Waals surface area contributed by atoms with Crippen LogP contribution < -0.4 is 10.6 Å². The van der Waals surface area contributed by atoms with E-state index < -0.39 is 0 Å². The lowest BCUT2D eigenvalue weighted by molar-refractivity contribution is -0.126. The Bertz CT molecular complexity index is 599. The maximum absolute atomic E-state index is 12.3. The van der Waals surface area contributed by atoms with Gasteiger partial charge in [-0.15, -0.1) is 0 Å². The van der Waals surface area contributed by atoms with Crippen LogP contribution >= 0.6 is 0 Å². The first-order chi connectivity index (χ1) is 11.6. The highest BCUT2D eigenvalue weighted by Gasteiger charge is 2.29. The van der Waals surface area contributed by atoms with Gasteiger partial charge in [0.15, 0.2) is 0 Å². The Balaban J connectivity index is 1.67. The number of carbonyl (C=O) groups excluding carboxylic acids is 2. The molecule has 2 fully saturated rings. The molecule has 3 rings (SSSR count). The van der Waals surface area contributed by atoms with E-state index in [9.17, 15) is 9.59 Å². The second-order valence-electron chi connectivity index (χ2n) is 6.48. The van der Waals surface area contributed by atoms with Crippen molar-refractivity contribution < 1.29 is 14.3 Å². The number of rotatable bonds is 5. The molecule has 2 aliphatic rings. The van der Waals surface area contributed by atoms with Crippen molar-refractivity contribution in [3.8, 4) is 0 Å². The molecule has 1 aromatic carbocycles. The van der Waals surface area contributed by atoms with Gasteiger partial charge in [-0.25, -0.2) is 0 Å². The van der Waals surface area contributed by atoms with Crippen LogP contribution in [0.25, 0.3) is 0 Å².